The molecule has 0 bridgehead atoms. The Balaban J connectivity index is 2.08. The summed E-state index contributed by atoms with van der Waals surface area (Å²) in [6.45, 7) is 6.11. The molecule has 1 amide bonds. The van der Waals surface area contributed by atoms with Gasteiger partial charge in [0, 0.05) is 24.0 Å². The Morgan fingerprint density at radius 3 is 2.79 bits per heavy atom. The SMILES string of the molecule is CC(=O)Nc1cc(NCc2nc[nH]c2C)ccc1C. The lowest BCUT2D eigenvalue weighted by Gasteiger charge is -2.10. The van der Waals surface area contributed by atoms with Crippen molar-refractivity contribution in [2.75, 3.05) is 10.6 Å². The van der Waals surface area contributed by atoms with Gasteiger partial charge in [-0.05, 0) is 31.5 Å². The van der Waals surface area contributed by atoms with Gasteiger partial charge in [-0.3, -0.25) is 4.79 Å². The van der Waals surface area contributed by atoms with E-state index >= 15 is 0 Å². The van der Waals surface area contributed by atoms with Gasteiger partial charge in [0.05, 0.1) is 18.6 Å². The number of rotatable bonds is 4. The molecule has 0 saturated heterocycles. The molecule has 1 aromatic heterocycles. The third-order valence-corrected chi connectivity index (χ3v) is 2.94. The molecule has 2 rings (SSSR count). The van der Waals surface area contributed by atoms with Crippen molar-refractivity contribution in [3.8, 4) is 0 Å². The maximum absolute atomic E-state index is 11.1. The van der Waals surface area contributed by atoms with Crippen LogP contribution in [0.4, 0.5) is 11.4 Å². The molecule has 3 N–H and O–H groups in total. The number of carbonyl (C=O) groups is 1. The van der Waals surface area contributed by atoms with Crippen LogP contribution in [-0.2, 0) is 11.3 Å². The van der Waals surface area contributed by atoms with Crippen LogP contribution in [0.5, 0.6) is 0 Å². The van der Waals surface area contributed by atoms with Crippen LogP contribution in [0.3, 0.4) is 0 Å². The van der Waals surface area contributed by atoms with Crippen LogP contribution >= 0.6 is 0 Å². The van der Waals surface area contributed by atoms with E-state index in [1.807, 2.05) is 32.0 Å². The molecule has 2 aromatic rings. The Labute approximate surface area is 112 Å². The minimum Gasteiger partial charge on any atom is -0.379 e. The predicted octanol–water partition coefficient (Wildman–Crippen LogP) is 2.60. The minimum absolute atomic E-state index is 0.0663. The molecule has 100 valence electrons. The summed E-state index contributed by atoms with van der Waals surface area (Å²) in [5.41, 5.74) is 4.87. The summed E-state index contributed by atoms with van der Waals surface area (Å²) in [5.74, 6) is -0.0663. The van der Waals surface area contributed by atoms with Crippen LogP contribution in [0.25, 0.3) is 0 Å². The van der Waals surface area contributed by atoms with Gasteiger partial charge in [-0.15, -0.1) is 0 Å². The van der Waals surface area contributed by atoms with Crippen molar-refractivity contribution >= 4 is 17.3 Å². The van der Waals surface area contributed by atoms with E-state index in [4.69, 9.17) is 0 Å². The van der Waals surface area contributed by atoms with E-state index in [0.29, 0.717) is 6.54 Å². The Kier molecular flexibility index (Phi) is 3.85. The van der Waals surface area contributed by atoms with E-state index in [2.05, 4.69) is 20.6 Å². The fourth-order valence-electron chi connectivity index (χ4n) is 1.81. The van der Waals surface area contributed by atoms with Crippen molar-refractivity contribution in [2.45, 2.75) is 27.3 Å². The van der Waals surface area contributed by atoms with E-state index in [9.17, 15) is 4.79 Å². The molecule has 5 nitrogen and oxygen atoms in total. The molecule has 5 heteroatoms. The molecule has 0 radical (unpaired) electrons. The van der Waals surface area contributed by atoms with Crippen LogP contribution in [-0.4, -0.2) is 15.9 Å². The average molecular weight is 258 g/mol. The number of H-pyrrole nitrogens is 1. The van der Waals surface area contributed by atoms with Crippen molar-refractivity contribution < 1.29 is 4.79 Å². The smallest absolute Gasteiger partial charge is 0.221 e. The highest BCUT2D eigenvalue weighted by Gasteiger charge is 2.04. The number of imidazole rings is 1. The summed E-state index contributed by atoms with van der Waals surface area (Å²) in [6.07, 6.45) is 1.68. The van der Waals surface area contributed by atoms with E-state index in [1.54, 1.807) is 6.33 Å². The number of hydrogen-bond donors (Lipinski definition) is 3. The summed E-state index contributed by atoms with van der Waals surface area (Å²) in [4.78, 5) is 18.4. The second kappa shape index (κ2) is 5.56. The number of aryl methyl sites for hydroxylation is 2. The Bertz CT molecular complexity index is 589. The van der Waals surface area contributed by atoms with Crippen LogP contribution < -0.4 is 10.6 Å². The van der Waals surface area contributed by atoms with Crippen molar-refractivity contribution in [3.63, 3.8) is 0 Å². The first kappa shape index (κ1) is 13.1. The number of hydrogen-bond acceptors (Lipinski definition) is 3. The molecule has 1 heterocycles. The van der Waals surface area contributed by atoms with Crippen molar-refractivity contribution in [2.24, 2.45) is 0 Å². The second-order valence-electron chi connectivity index (χ2n) is 4.54. The summed E-state index contributed by atoms with van der Waals surface area (Å²) >= 11 is 0. The zero-order valence-electron chi connectivity index (χ0n) is 11.4. The Hall–Kier alpha value is -2.30. The maximum Gasteiger partial charge on any atom is 0.221 e. The predicted molar refractivity (Wildman–Crippen MR) is 76.1 cm³/mol. The first-order valence-corrected chi connectivity index (χ1v) is 6.17. The van der Waals surface area contributed by atoms with Crippen LogP contribution in [0.2, 0.25) is 0 Å². The molecule has 0 spiro atoms. The van der Waals surface area contributed by atoms with Crippen molar-refractivity contribution in [1.29, 1.82) is 0 Å². The van der Waals surface area contributed by atoms with Gasteiger partial charge in [0.1, 0.15) is 0 Å². The lowest BCUT2D eigenvalue weighted by molar-refractivity contribution is -0.114. The number of nitrogens with zero attached hydrogens (tertiary/aromatic N) is 1. The first-order chi connectivity index (χ1) is 9.06. The molecule has 19 heavy (non-hydrogen) atoms. The van der Waals surface area contributed by atoms with Crippen molar-refractivity contribution in [1.82, 2.24) is 9.97 Å². The average Bonchev–Trinajstić information content (AvgIpc) is 2.75. The minimum atomic E-state index is -0.0663. The van der Waals surface area contributed by atoms with Gasteiger partial charge in [0.25, 0.3) is 0 Å². The largest absolute Gasteiger partial charge is 0.379 e. The highest BCUT2D eigenvalue weighted by Crippen LogP contribution is 2.20. The number of anilines is 2. The molecular weight excluding hydrogens is 240 g/mol. The highest BCUT2D eigenvalue weighted by atomic mass is 16.1. The van der Waals surface area contributed by atoms with Gasteiger partial charge >= 0.3 is 0 Å². The van der Waals surface area contributed by atoms with E-state index < -0.39 is 0 Å². The molecule has 0 aliphatic carbocycles. The standard InChI is InChI=1S/C14H18N4O/c1-9-4-5-12(6-13(9)18-11(3)19)15-7-14-10(2)16-8-17-14/h4-6,8,15H,7H2,1-3H3,(H,16,17)(H,18,19). The van der Waals surface area contributed by atoms with E-state index in [1.165, 1.54) is 6.92 Å². The number of carbonyl (C=O) groups excluding carboxylic acids is 1. The molecule has 0 aliphatic heterocycles. The molecule has 0 saturated carbocycles. The van der Waals surface area contributed by atoms with Gasteiger partial charge in [0.2, 0.25) is 5.91 Å². The highest BCUT2D eigenvalue weighted by molar-refractivity contribution is 5.90. The van der Waals surface area contributed by atoms with E-state index in [0.717, 1.165) is 28.3 Å². The van der Waals surface area contributed by atoms with Crippen LogP contribution in [0.15, 0.2) is 24.5 Å². The molecule has 0 fully saturated rings. The quantitative estimate of drug-likeness (QED) is 0.789. The first-order valence-electron chi connectivity index (χ1n) is 6.17. The van der Waals surface area contributed by atoms with Gasteiger partial charge in [-0.25, -0.2) is 4.98 Å². The summed E-state index contributed by atoms with van der Waals surface area (Å²) < 4.78 is 0. The monoisotopic (exact) mass is 258 g/mol. The number of aromatic nitrogens is 2. The van der Waals surface area contributed by atoms with Gasteiger partial charge in [-0.2, -0.15) is 0 Å². The Morgan fingerprint density at radius 1 is 1.37 bits per heavy atom. The van der Waals surface area contributed by atoms with Crippen molar-refractivity contribution in [3.05, 3.63) is 41.5 Å². The summed E-state index contributed by atoms with van der Waals surface area (Å²) in [7, 11) is 0. The molecular formula is C14H18N4O. The Morgan fingerprint density at radius 2 is 2.16 bits per heavy atom. The molecule has 1 aromatic carbocycles. The fraction of sp³-hybridized carbons (Fsp3) is 0.286. The summed E-state index contributed by atoms with van der Waals surface area (Å²) in [6, 6.07) is 5.90. The lowest BCUT2D eigenvalue weighted by atomic mass is 10.1. The third kappa shape index (κ3) is 3.34. The maximum atomic E-state index is 11.1. The number of amides is 1. The zero-order valence-corrected chi connectivity index (χ0v) is 11.4. The molecule has 0 atom stereocenters. The number of nitrogens with one attached hydrogen (secondary N) is 3. The van der Waals surface area contributed by atoms with Crippen LogP contribution in [0, 0.1) is 13.8 Å². The van der Waals surface area contributed by atoms with Gasteiger partial charge in [0.15, 0.2) is 0 Å². The normalized spacial score (nSPS) is 10.3. The topological polar surface area (TPSA) is 69.8 Å². The number of aromatic amines is 1. The number of benzene rings is 1. The van der Waals surface area contributed by atoms with Gasteiger partial charge in [-0.1, -0.05) is 6.07 Å². The second-order valence-corrected chi connectivity index (χ2v) is 4.54. The van der Waals surface area contributed by atoms with Gasteiger partial charge < -0.3 is 15.6 Å². The fourth-order valence-corrected chi connectivity index (χ4v) is 1.81. The van der Waals surface area contributed by atoms with Crippen LogP contribution in [0.1, 0.15) is 23.9 Å². The summed E-state index contributed by atoms with van der Waals surface area (Å²) in [5, 5.41) is 6.11. The lowest BCUT2D eigenvalue weighted by Crippen LogP contribution is -2.08. The zero-order chi connectivity index (χ0) is 13.8. The third-order valence-electron chi connectivity index (χ3n) is 2.94. The van der Waals surface area contributed by atoms with E-state index in [-0.39, 0.29) is 5.91 Å². The molecule has 0 aliphatic rings. The molecule has 0 unspecified atom stereocenters.